The lowest BCUT2D eigenvalue weighted by molar-refractivity contribution is -0.132. The van der Waals surface area contributed by atoms with Crippen molar-refractivity contribution < 1.29 is 4.79 Å². The third-order valence-electron chi connectivity index (χ3n) is 3.16. The van der Waals surface area contributed by atoms with Crippen LogP contribution in [0.15, 0.2) is 42.9 Å². The highest BCUT2D eigenvalue weighted by Crippen LogP contribution is 2.37. The number of hydrogen-bond donors (Lipinski definition) is 1. The topological polar surface area (TPSA) is 49.0 Å². The molecule has 1 amide bonds. The zero-order valence-electron chi connectivity index (χ0n) is 10.5. The number of hydrogen-bond acceptors (Lipinski definition) is 3. The van der Waals surface area contributed by atoms with Gasteiger partial charge in [-0.3, -0.25) is 9.78 Å². The fourth-order valence-electron chi connectivity index (χ4n) is 2.24. The zero-order valence-corrected chi connectivity index (χ0v) is 11.3. The number of pyridine rings is 1. The molecule has 0 spiro atoms. The molecule has 1 atom stereocenters. The van der Waals surface area contributed by atoms with Gasteiger partial charge in [-0.25, -0.2) is 0 Å². The first-order chi connectivity index (χ1) is 9.34. The predicted molar refractivity (Wildman–Crippen MR) is 75.4 cm³/mol. The molecular weight excluding hydrogens is 258 g/mol. The number of nitrogens with one attached hydrogen (secondary N) is 1. The summed E-state index contributed by atoms with van der Waals surface area (Å²) in [5, 5.41) is 0.0801. The van der Waals surface area contributed by atoms with Crippen LogP contribution >= 0.6 is 11.8 Å². The molecule has 1 fully saturated rings. The minimum absolute atomic E-state index is 0.0801. The van der Waals surface area contributed by atoms with E-state index in [1.54, 1.807) is 18.0 Å². The summed E-state index contributed by atoms with van der Waals surface area (Å²) < 4.78 is 0. The van der Waals surface area contributed by atoms with Crippen LogP contribution in [0.1, 0.15) is 23.1 Å². The van der Waals surface area contributed by atoms with Crippen LogP contribution in [0.3, 0.4) is 0 Å². The van der Waals surface area contributed by atoms with Crippen molar-refractivity contribution in [1.29, 1.82) is 0 Å². The van der Waals surface area contributed by atoms with Gasteiger partial charge < -0.3 is 9.88 Å². The van der Waals surface area contributed by atoms with Crippen LogP contribution in [0.2, 0.25) is 0 Å². The fourth-order valence-corrected chi connectivity index (χ4v) is 3.45. The molecule has 0 radical (unpaired) electrons. The van der Waals surface area contributed by atoms with E-state index in [1.165, 1.54) is 0 Å². The number of amides is 1. The van der Waals surface area contributed by atoms with E-state index in [4.69, 9.17) is 0 Å². The summed E-state index contributed by atoms with van der Waals surface area (Å²) in [5.74, 6) is 1.09. The molecule has 1 unspecified atom stereocenters. The van der Waals surface area contributed by atoms with E-state index in [0.29, 0.717) is 13.0 Å². The average molecular weight is 273 g/mol. The fraction of sp³-hybridized carbons (Fsp3) is 0.286. The number of rotatable bonds is 3. The maximum Gasteiger partial charge on any atom is 0.224 e. The second kappa shape index (κ2) is 5.48. The molecule has 1 N–H and O–H groups in total. The number of carbonyl (C=O) groups excluding carboxylic acids is 1. The molecule has 0 bridgehead atoms. The first kappa shape index (κ1) is 12.3. The summed E-state index contributed by atoms with van der Waals surface area (Å²) in [4.78, 5) is 21.4. The number of thioether (sulfide) groups is 1. The van der Waals surface area contributed by atoms with Crippen LogP contribution < -0.4 is 0 Å². The summed E-state index contributed by atoms with van der Waals surface area (Å²) in [6.07, 6.45) is 6.08. The van der Waals surface area contributed by atoms with Crippen LogP contribution in [-0.4, -0.2) is 26.5 Å². The Hall–Kier alpha value is -1.75. The Balaban J connectivity index is 1.84. The summed E-state index contributed by atoms with van der Waals surface area (Å²) >= 11 is 1.81. The molecule has 2 aromatic heterocycles. The standard InChI is InChI=1S/C14H15N3OS/c18-13-5-8-19-14(12-4-2-7-16-12)17(13)10-11-3-1-6-15-9-11/h1-4,6-7,9,14,16H,5,8,10H2. The second-order valence-electron chi connectivity index (χ2n) is 4.48. The van der Waals surface area contributed by atoms with Gasteiger partial charge in [-0.2, -0.15) is 0 Å². The second-order valence-corrected chi connectivity index (χ2v) is 5.67. The molecule has 1 aliphatic rings. The van der Waals surface area contributed by atoms with Crippen molar-refractivity contribution >= 4 is 17.7 Å². The van der Waals surface area contributed by atoms with Crippen LogP contribution in [0.25, 0.3) is 0 Å². The van der Waals surface area contributed by atoms with Crippen molar-refractivity contribution in [2.45, 2.75) is 18.3 Å². The molecule has 2 aromatic rings. The summed E-state index contributed by atoms with van der Waals surface area (Å²) in [5.41, 5.74) is 2.15. The van der Waals surface area contributed by atoms with Gasteiger partial charge in [0.2, 0.25) is 5.91 Å². The van der Waals surface area contributed by atoms with E-state index in [0.717, 1.165) is 17.0 Å². The highest BCUT2D eigenvalue weighted by molar-refractivity contribution is 7.99. The van der Waals surface area contributed by atoms with E-state index < -0.39 is 0 Å². The van der Waals surface area contributed by atoms with Crippen molar-refractivity contribution in [3.05, 3.63) is 54.1 Å². The Morgan fingerprint density at radius 1 is 1.42 bits per heavy atom. The third-order valence-corrected chi connectivity index (χ3v) is 4.42. The lowest BCUT2D eigenvalue weighted by Gasteiger charge is -2.34. The van der Waals surface area contributed by atoms with E-state index in [-0.39, 0.29) is 11.3 Å². The van der Waals surface area contributed by atoms with Crippen LogP contribution in [0, 0.1) is 0 Å². The quantitative estimate of drug-likeness (QED) is 0.935. The maximum atomic E-state index is 12.2. The SMILES string of the molecule is O=C1CCSC(c2ccc[nH]2)N1Cc1cccnc1. The smallest absolute Gasteiger partial charge is 0.224 e. The normalized spacial score (nSPS) is 19.7. The molecular formula is C14H15N3OS. The molecule has 0 saturated carbocycles. The van der Waals surface area contributed by atoms with Gasteiger partial charge in [0.05, 0.1) is 0 Å². The lowest BCUT2D eigenvalue weighted by atomic mass is 10.2. The molecule has 3 heterocycles. The van der Waals surface area contributed by atoms with Gasteiger partial charge in [0.25, 0.3) is 0 Å². The van der Waals surface area contributed by atoms with Gasteiger partial charge >= 0.3 is 0 Å². The zero-order chi connectivity index (χ0) is 13.1. The highest BCUT2D eigenvalue weighted by atomic mass is 32.2. The Kier molecular flexibility index (Phi) is 3.55. The van der Waals surface area contributed by atoms with E-state index in [1.807, 2.05) is 41.6 Å². The minimum atomic E-state index is 0.0801. The van der Waals surface area contributed by atoms with E-state index in [2.05, 4.69) is 9.97 Å². The van der Waals surface area contributed by atoms with Gasteiger partial charge in [-0.1, -0.05) is 6.07 Å². The van der Waals surface area contributed by atoms with Gasteiger partial charge in [-0.15, -0.1) is 11.8 Å². The summed E-state index contributed by atoms with van der Waals surface area (Å²) in [6.45, 7) is 0.614. The van der Waals surface area contributed by atoms with Gasteiger partial charge in [0.15, 0.2) is 0 Å². The summed E-state index contributed by atoms with van der Waals surface area (Å²) in [6, 6.07) is 7.91. The molecule has 19 heavy (non-hydrogen) atoms. The number of aromatic nitrogens is 2. The predicted octanol–water partition coefficient (Wildman–Crippen LogP) is 2.57. The molecule has 1 aliphatic heterocycles. The first-order valence-electron chi connectivity index (χ1n) is 6.28. The third kappa shape index (κ3) is 2.66. The Bertz CT molecular complexity index is 541. The van der Waals surface area contributed by atoms with Crippen molar-refractivity contribution in [2.24, 2.45) is 0 Å². The van der Waals surface area contributed by atoms with E-state index >= 15 is 0 Å². The van der Waals surface area contributed by atoms with Crippen molar-refractivity contribution in [3.63, 3.8) is 0 Å². The minimum Gasteiger partial charge on any atom is -0.363 e. The lowest BCUT2D eigenvalue weighted by Crippen LogP contribution is -2.36. The van der Waals surface area contributed by atoms with E-state index in [9.17, 15) is 4.79 Å². The molecule has 5 heteroatoms. The monoisotopic (exact) mass is 273 g/mol. The van der Waals surface area contributed by atoms with Crippen molar-refractivity contribution in [2.75, 3.05) is 5.75 Å². The van der Waals surface area contributed by atoms with Gasteiger partial charge in [0.1, 0.15) is 5.37 Å². The van der Waals surface area contributed by atoms with Crippen LogP contribution in [-0.2, 0) is 11.3 Å². The van der Waals surface area contributed by atoms with Crippen molar-refractivity contribution in [3.8, 4) is 0 Å². The molecule has 0 aliphatic carbocycles. The van der Waals surface area contributed by atoms with Crippen molar-refractivity contribution in [1.82, 2.24) is 14.9 Å². The van der Waals surface area contributed by atoms with Crippen LogP contribution in [0.5, 0.6) is 0 Å². The number of nitrogens with zero attached hydrogens (tertiary/aromatic N) is 2. The largest absolute Gasteiger partial charge is 0.363 e. The molecule has 98 valence electrons. The molecule has 1 saturated heterocycles. The molecule has 0 aromatic carbocycles. The molecule has 3 rings (SSSR count). The summed E-state index contributed by atoms with van der Waals surface area (Å²) in [7, 11) is 0. The van der Waals surface area contributed by atoms with Crippen LogP contribution in [0.4, 0.5) is 0 Å². The Morgan fingerprint density at radius 2 is 2.37 bits per heavy atom. The van der Waals surface area contributed by atoms with Gasteiger partial charge in [0, 0.05) is 43.0 Å². The number of carbonyl (C=O) groups is 1. The number of aromatic amines is 1. The number of H-pyrrole nitrogens is 1. The van der Waals surface area contributed by atoms with Gasteiger partial charge in [-0.05, 0) is 23.8 Å². The Labute approximate surface area is 116 Å². The molecule has 4 nitrogen and oxygen atoms in total. The first-order valence-corrected chi connectivity index (χ1v) is 7.33. The highest BCUT2D eigenvalue weighted by Gasteiger charge is 2.30. The Morgan fingerprint density at radius 3 is 3.11 bits per heavy atom. The maximum absolute atomic E-state index is 12.2. The average Bonchev–Trinajstić information content (AvgIpc) is 2.96.